The Hall–Kier alpha value is -0.480. The summed E-state index contributed by atoms with van der Waals surface area (Å²) in [7, 11) is -3.64. The molecule has 2 rings (SSSR count). The number of sulfonamides is 1. The van der Waals surface area contributed by atoms with Crippen molar-refractivity contribution in [3.05, 3.63) is 24.3 Å². The van der Waals surface area contributed by atoms with Crippen LogP contribution < -0.4 is 5.32 Å². The largest absolute Gasteiger partial charge is 0.446 e. The van der Waals surface area contributed by atoms with E-state index in [4.69, 9.17) is 0 Å². The Balaban J connectivity index is 0.00000242. The molecule has 1 N–H and O–H groups in total. The van der Waals surface area contributed by atoms with Gasteiger partial charge >= 0.3 is 5.51 Å². The van der Waals surface area contributed by atoms with Gasteiger partial charge in [0.25, 0.3) is 0 Å². The Morgan fingerprint density at radius 2 is 1.73 bits per heavy atom. The van der Waals surface area contributed by atoms with E-state index in [1.54, 1.807) is 0 Å². The van der Waals surface area contributed by atoms with Crippen molar-refractivity contribution in [3.8, 4) is 0 Å². The van der Waals surface area contributed by atoms with Gasteiger partial charge in [0.2, 0.25) is 10.0 Å². The second-order valence-electron chi connectivity index (χ2n) is 4.53. The third-order valence-electron chi connectivity index (χ3n) is 2.99. The Bertz CT molecular complexity index is 571. The van der Waals surface area contributed by atoms with Gasteiger partial charge in [0.1, 0.15) is 0 Å². The number of thioether (sulfide) groups is 1. The topological polar surface area (TPSA) is 49.4 Å². The van der Waals surface area contributed by atoms with E-state index in [0.717, 1.165) is 6.54 Å². The van der Waals surface area contributed by atoms with Crippen molar-refractivity contribution < 1.29 is 21.6 Å². The number of hydrogen-bond acceptors (Lipinski definition) is 4. The molecule has 0 atom stereocenters. The van der Waals surface area contributed by atoms with Crippen molar-refractivity contribution in [2.45, 2.75) is 21.7 Å². The summed E-state index contributed by atoms with van der Waals surface area (Å²) in [6, 6.07) is 4.81. The molecular formula is C12H16ClF3N2O2S2. The highest BCUT2D eigenvalue weighted by Crippen LogP contribution is 2.37. The molecule has 0 bridgehead atoms. The first kappa shape index (κ1) is 19.6. The van der Waals surface area contributed by atoms with Gasteiger partial charge in [0.15, 0.2) is 0 Å². The van der Waals surface area contributed by atoms with Crippen molar-refractivity contribution in [1.29, 1.82) is 0 Å². The fourth-order valence-electron chi connectivity index (χ4n) is 2.02. The van der Waals surface area contributed by atoms with Gasteiger partial charge in [-0.2, -0.15) is 17.5 Å². The summed E-state index contributed by atoms with van der Waals surface area (Å²) >= 11 is -0.259. The number of alkyl halides is 3. The molecule has 0 aliphatic carbocycles. The average Bonchev–Trinajstić information content (AvgIpc) is 2.66. The number of halogens is 4. The summed E-state index contributed by atoms with van der Waals surface area (Å²) in [5.41, 5.74) is -4.38. The maximum atomic E-state index is 12.4. The quantitative estimate of drug-likeness (QED) is 0.824. The monoisotopic (exact) mass is 376 g/mol. The molecule has 1 heterocycles. The fourth-order valence-corrected chi connectivity index (χ4v) is 4.04. The number of nitrogens with one attached hydrogen (secondary N) is 1. The second-order valence-corrected chi connectivity index (χ2v) is 7.60. The summed E-state index contributed by atoms with van der Waals surface area (Å²) in [5, 5.41) is 3.10. The van der Waals surface area contributed by atoms with Crippen molar-refractivity contribution >= 4 is 34.2 Å². The van der Waals surface area contributed by atoms with Crippen LogP contribution in [0.5, 0.6) is 0 Å². The van der Waals surface area contributed by atoms with Crippen molar-refractivity contribution in [2.75, 3.05) is 26.2 Å². The summed E-state index contributed by atoms with van der Waals surface area (Å²) in [6.45, 7) is 2.10. The third-order valence-corrected chi connectivity index (χ3v) is 5.65. The maximum Gasteiger partial charge on any atom is 0.446 e. The number of hydrogen-bond donors (Lipinski definition) is 1. The van der Waals surface area contributed by atoms with Crippen LogP contribution in [0.15, 0.2) is 34.1 Å². The molecule has 0 saturated carbocycles. The summed E-state index contributed by atoms with van der Waals surface area (Å²) in [5.74, 6) is 0. The lowest BCUT2D eigenvalue weighted by molar-refractivity contribution is -0.0328. The van der Waals surface area contributed by atoms with Gasteiger partial charge in [0, 0.05) is 24.5 Å². The predicted octanol–water partition coefficient (Wildman–Crippen LogP) is 2.70. The predicted molar refractivity (Wildman–Crippen MR) is 81.8 cm³/mol. The van der Waals surface area contributed by atoms with Crippen molar-refractivity contribution in [2.24, 2.45) is 0 Å². The molecule has 0 radical (unpaired) electrons. The summed E-state index contributed by atoms with van der Waals surface area (Å²) < 4.78 is 62.9. The van der Waals surface area contributed by atoms with Gasteiger partial charge < -0.3 is 5.32 Å². The van der Waals surface area contributed by atoms with E-state index >= 15 is 0 Å². The maximum absolute atomic E-state index is 12.4. The van der Waals surface area contributed by atoms with E-state index in [2.05, 4.69) is 5.32 Å². The fraction of sp³-hybridized carbons (Fsp3) is 0.500. The Morgan fingerprint density at radius 3 is 2.32 bits per heavy atom. The molecule has 1 aromatic rings. The van der Waals surface area contributed by atoms with Crippen molar-refractivity contribution in [1.82, 2.24) is 9.62 Å². The standard InChI is InChI=1S/C12H15F3N2O2S2.ClH/c13-12(14,15)20-10-2-4-11(5-3-10)21(18,19)17-8-1-6-16-7-9-17;/h2-5,16H,1,6-9H2;1H. The highest BCUT2D eigenvalue weighted by Gasteiger charge is 2.30. The molecule has 10 heteroatoms. The smallest absolute Gasteiger partial charge is 0.315 e. The molecule has 0 unspecified atom stereocenters. The zero-order chi connectivity index (χ0) is 15.5. The SMILES string of the molecule is Cl.O=S(=O)(c1ccc(SC(F)(F)F)cc1)N1CCCNCC1. The molecule has 1 aliphatic heterocycles. The second kappa shape index (κ2) is 7.87. The third kappa shape index (κ3) is 5.31. The zero-order valence-electron chi connectivity index (χ0n) is 11.5. The van der Waals surface area contributed by atoms with Crippen LogP contribution in [-0.2, 0) is 10.0 Å². The number of rotatable bonds is 3. The van der Waals surface area contributed by atoms with Gasteiger partial charge in [-0.3, -0.25) is 0 Å². The first-order valence-corrected chi connectivity index (χ1v) is 8.61. The molecule has 22 heavy (non-hydrogen) atoms. The normalized spacial score (nSPS) is 17.6. The van der Waals surface area contributed by atoms with E-state index in [1.807, 2.05) is 0 Å². The number of benzene rings is 1. The van der Waals surface area contributed by atoms with E-state index in [0.29, 0.717) is 26.1 Å². The lowest BCUT2D eigenvalue weighted by Gasteiger charge is -2.19. The minimum atomic E-state index is -4.38. The summed E-state index contributed by atoms with van der Waals surface area (Å²) in [6.07, 6.45) is 0.710. The van der Waals surface area contributed by atoms with Crippen LogP contribution in [0.2, 0.25) is 0 Å². The Kier molecular flexibility index (Phi) is 7.00. The highest BCUT2D eigenvalue weighted by molar-refractivity contribution is 8.00. The van der Waals surface area contributed by atoms with E-state index in [1.165, 1.54) is 28.6 Å². The van der Waals surface area contributed by atoms with Crippen LogP contribution in [0.4, 0.5) is 13.2 Å². The zero-order valence-corrected chi connectivity index (χ0v) is 13.9. The van der Waals surface area contributed by atoms with Crippen molar-refractivity contribution in [3.63, 3.8) is 0 Å². The van der Waals surface area contributed by atoms with Gasteiger partial charge in [-0.15, -0.1) is 12.4 Å². The minimum Gasteiger partial charge on any atom is -0.315 e. The van der Waals surface area contributed by atoms with Gasteiger partial charge in [0.05, 0.1) is 4.90 Å². The Morgan fingerprint density at radius 1 is 1.09 bits per heavy atom. The molecule has 126 valence electrons. The van der Waals surface area contributed by atoms with Crippen LogP contribution in [0.25, 0.3) is 0 Å². The highest BCUT2D eigenvalue weighted by atomic mass is 35.5. The van der Waals surface area contributed by atoms with Gasteiger partial charge in [-0.25, -0.2) is 8.42 Å². The van der Waals surface area contributed by atoms with Crippen LogP contribution in [0.1, 0.15) is 6.42 Å². The molecule has 1 aromatic carbocycles. The average molecular weight is 377 g/mol. The molecule has 1 fully saturated rings. The lowest BCUT2D eigenvalue weighted by Crippen LogP contribution is -2.34. The number of nitrogens with zero attached hydrogens (tertiary/aromatic N) is 1. The van der Waals surface area contributed by atoms with Crippen LogP contribution in [0.3, 0.4) is 0 Å². The van der Waals surface area contributed by atoms with Crippen LogP contribution >= 0.6 is 24.2 Å². The first-order valence-electron chi connectivity index (χ1n) is 6.36. The molecule has 0 aromatic heterocycles. The first-order chi connectivity index (χ1) is 9.79. The molecule has 4 nitrogen and oxygen atoms in total. The van der Waals surface area contributed by atoms with Gasteiger partial charge in [-0.1, -0.05) is 0 Å². The van der Waals surface area contributed by atoms with E-state index in [9.17, 15) is 21.6 Å². The Labute approximate surface area is 137 Å². The van der Waals surface area contributed by atoms with E-state index < -0.39 is 15.5 Å². The minimum absolute atomic E-state index is 0. The van der Waals surface area contributed by atoms with Crippen LogP contribution in [-0.4, -0.2) is 44.4 Å². The van der Waals surface area contributed by atoms with E-state index in [-0.39, 0.29) is 34.0 Å². The lowest BCUT2D eigenvalue weighted by atomic mass is 10.4. The van der Waals surface area contributed by atoms with Crippen LogP contribution in [0, 0.1) is 0 Å². The molecule has 1 saturated heterocycles. The molecular weight excluding hydrogens is 361 g/mol. The molecule has 0 spiro atoms. The van der Waals surface area contributed by atoms with Gasteiger partial charge in [-0.05, 0) is 49.0 Å². The summed E-state index contributed by atoms with van der Waals surface area (Å²) in [4.78, 5) is -0.00472. The molecule has 0 amide bonds. The molecule has 1 aliphatic rings.